The fourth-order valence-corrected chi connectivity index (χ4v) is 1.84. The molecule has 0 fully saturated rings. The van der Waals surface area contributed by atoms with Gasteiger partial charge in [-0.2, -0.15) is 0 Å². The molecule has 1 atom stereocenters. The molecule has 1 aromatic heterocycles. The Hall–Kier alpha value is -0.164. The van der Waals surface area contributed by atoms with Crippen LogP contribution in [0.3, 0.4) is 0 Å². The smallest absolute Gasteiger partial charge is 0.756 e. The second-order valence-corrected chi connectivity index (χ2v) is 5.60. The van der Waals surface area contributed by atoms with E-state index in [1.54, 1.807) is 6.92 Å². The summed E-state index contributed by atoms with van der Waals surface area (Å²) in [7, 11) is -4.89. The zero-order valence-corrected chi connectivity index (χ0v) is 16.8. The normalized spacial score (nSPS) is 13.5. The average Bonchev–Trinajstić information content (AvgIpc) is 2.40. The number of rotatable bonds is 8. The van der Waals surface area contributed by atoms with Crippen LogP contribution in [0.5, 0.6) is 5.75 Å². The van der Waals surface area contributed by atoms with Gasteiger partial charge in [-0.1, -0.05) is 0 Å². The number of hydrogen-bond acceptors (Lipinski definition) is 7. The molecular weight excluding hydrogens is 354 g/mol. The topological polar surface area (TPSA) is 152 Å². The molecule has 0 saturated carbocycles. The minimum atomic E-state index is -4.89. The van der Waals surface area contributed by atoms with Gasteiger partial charge in [0, 0.05) is 36.5 Å². The van der Waals surface area contributed by atoms with Crippen LogP contribution < -0.4 is 56.3 Å². The van der Waals surface area contributed by atoms with Crippen LogP contribution in [0, 0.1) is 6.92 Å². The quantitative estimate of drug-likeness (QED) is 0.194. The minimum Gasteiger partial charge on any atom is -0.756 e. The van der Waals surface area contributed by atoms with Crippen molar-refractivity contribution in [1.29, 1.82) is 0 Å². The van der Waals surface area contributed by atoms with Crippen LogP contribution in [0.4, 0.5) is 0 Å². The van der Waals surface area contributed by atoms with Crippen LogP contribution in [-0.2, 0) is 20.5 Å². The van der Waals surface area contributed by atoms with Crippen molar-refractivity contribution in [2.75, 3.05) is 6.54 Å². The predicted octanol–water partition coefficient (Wildman–Crippen LogP) is -2.64. The Balaban J connectivity index is 0.00000484. The van der Waals surface area contributed by atoms with Gasteiger partial charge < -0.3 is 24.5 Å². The van der Waals surface area contributed by atoms with E-state index in [4.69, 9.17) is 10.00 Å². The first-order valence-electron chi connectivity index (χ1n) is 6.28. The van der Waals surface area contributed by atoms with Crippen LogP contribution in [0.2, 0.25) is 0 Å². The standard InChI is InChI=1S/C12H17N2O7P.K/c1-8-12(17)10(6-13-4-2-3-11(15)16)9(5-14-8)7-21-22(18,19)20;/h5-6,17H,2-4,7H2,1H3,(H,15,16)(H2,18,19,20);/q;+1/p-1. The minimum absolute atomic E-state index is 0. The monoisotopic (exact) mass is 370 g/mol. The van der Waals surface area contributed by atoms with Gasteiger partial charge in [-0.15, -0.1) is 0 Å². The molecule has 0 aliphatic carbocycles. The summed E-state index contributed by atoms with van der Waals surface area (Å²) in [5, 5.41) is 18.4. The van der Waals surface area contributed by atoms with Crippen molar-refractivity contribution in [1.82, 2.24) is 4.98 Å². The van der Waals surface area contributed by atoms with E-state index in [-0.39, 0.29) is 81.2 Å². The molecule has 0 aromatic carbocycles. The number of nitrogens with zero attached hydrogens (tertiary/aromatic N) is 2. The number of aromatic nitrogens is 1. The molecule has 122 valence electrons. The van der Waals surface area contributed by atoms with Crippen molar-refractivity contribution in [3.8, 4) is 5.75 Å². The Morgan fingerprint density at radius 1 is 1.57 bits per heavy atom. The first-order chi connectivity index (χ1) is 10.2. The summed E-state index contributed by atoms with van der Waals surface area (Å²) in [6, 6.07) is 0. The third-order valence-electron chi connectivity index (χ3n) is 2.64. The Kier molecular flexibility index (Phi) is 10.6. The summed E-state index contributed by atoms with van der Waals surface area (Å²) >= 11 is 0. The molecule has 3 N–H and O–H groups in total. The van der Waals surface area contributed by atoms with Gasteiger partial charge in [-0.05, 0) is 13.3 Å². The van der Waals surface area contributed by atoms with Crippen LogP contribution >= 0.6 is 7.82 Å². The van der Waals surface area contributed by atoms with Crippen LogP contribution in [0.1, 0.15) is 29.7 Å². The molecular formula is C12H16KN2O7P. The number of pyridine rings is 1. The van der Waals surface area contributed by atoms with E-state index in [2.05, 4.69) is 14.5 Å². The summed E-state index contributed by atoms with van der Waals surface area (Å²) in [6.45, 7) is 1.27. The molecule has 1 rings (SSSR count). The van der Waals surface area contributed by atoms with E-state index in [0.717, 1.165) is 0 Å². The summed E-state index contributed by atoms with van der Waals surface area (Å²) < 4.78 is 14.9. The maximum Gasteiger partial charge on any atom is 1.00 e. The predicted molar refractivity (Wildman–Crippen MR) is 74.6 cm³/mol. The molecule has 1 heterocycles. The number of phosphoric ester groups is 1. The number of phosphoric acid groups is 1. The number of aliphatic imine (C=N–C) groups is 1. The molecule has 1 aromatic rings. The van der Waals surface area contributed by atoms with E-state index in [1.807, 2.05) is 0 Å². The molecule has 0 radical (unpaired) electrons. The fraction of sp³-hybridized carbons (Fsp3) is 0.417. The summed E-state index contributed by atoms with van der Waals surface area (Å²) in [5.74, 6) is -1.12. The Morgan fingerprint density at radius 2 is 2.22 bits per heavy atom. The largest absolute Gasteiger partial charge is 1.00 e. The Bertz CT molecular complexity index is 618. The maximum absolute atomic E-state index is 10.6. The second kappa shape index (κ2) is 10.6. The molecule has 9 nitrogen and oxygen atoms in total. The third-order valence-corrected chi connectivity index (χ3v) is 3.09. The zero-order chi connectivity index (χ0) is 16.8. The summed E-state index contributed by atoms with van der Waals surface area (Å²) in [5.41, 5.74) is 0.733. The van der Waals surface area contributed by atoms with Gasteiger partial charge in [0.1, 0.15) is 5.75 Å². The van der Waals surface area contributed by atoms with E-state index in [1.165, 1.54) is 12.4 Å². The molecule has 0 aliphatic heterocycles. The van der Waals surface area contributed by atoms with E-state index in [9.17, 15) is 19.4 Å². The number of carboxylic acid groups (broad SMARTS) is 1. The molecule has 11 heteroatoms. The Labute approximate surface area is 175 Å². The van der Waals surface area contributed by atoms with E-state index >= 15 is 0 Å². The number of hydrogen-bond donors (Lipinski definition) is 3. The average molecular weight is 370 g/mol. The SMILES string of the molecule is Cc1ncc(COP(=O)([O-])O)c(C=NCCCC(=O)O)c1O.[K+]. The first kappa shape index (κ1) is 22.8. The molecule has 0 amide bonds. The number of aromatic hydroxyl groups is 1. The number of carbonyl (C=O) groups is 1. The van der Waals surface area contributed by atoms with Gasteiger partial charge in [0.25, 0.3) is 7.82 Å². The molecule has 0 saturated heterocycles. The van der Waals surface area contributed by atoms with Crippen LogP contribution in [-0.4, -0.2) is 38.8 Å². The van der Waals surface area contributed by atoms with Crippen molar-refractivity contribution in [3.05, 3.63) is 23.0 Å². The number of aliphatic carboxylic acids is 1. The molecule has 1 unspecified atom stereocenters. The van der Waals surface area contributed by atoms with Crippen molar-refractivity contribution in [2.24, 2.45) is 4.99 Å². The molecule has 0 spiro atoms. The molecule has 23 heavy (non-hydrogen) atoms. The fourth-order valence-electron chi connectivity index (χ4n) is 1.54. The summed E-state index contributed by atoms with van der Waals surface area (Å²) in [6.07, 6.45) is 2.88. The molecule has 0 bridgehead atoms. The first-order valence-corrected chi connectivity index (χ1v) is 7.77. The van der Waals surface area contributed by atoms with Gasteiger partial charge in [-0.3, -0.25) is 19.3 Å². The van der Waals surface area contributed by atoms with Crippen LogP contribution in [0.25, 0.3) is 0 Å². The number of aryl methyl sites for hydroxylation is 1. The van der Waals surface area contributed by atoms with Gasteiger partial charge >= 0.3 is 57.4 Å². The van der Waals surface area contributed by atoms with Gasteiger partial charge in [0.15, 0.2) is 0 Å². The van der Waals surface area contributed by atoms with Crippen molar-refractivity contribution < 1.29 is 85.3 Å². The van der Waals surface area contributed by atoms with Gasteiger partial charge in [0.2, 0.25) is 0 Å². The number of carboxylic acids is 1. The second-order valence-electron chi connectivity index (χ2n) is 4.41. The Morgan fingerprint density at radius 3 is 2.78 bits per heavy atom. The van der Waals surface area contributed by atoms with Gasteiger partial charge in [0.05, 0.1) is 12.3 Å². The molecule has 0 aliphatic rings. The maximum atomic E-state index is 10.6. The van der Waals surface area contributed by atoms with E-state index in [0.29, 0.717) is 12.1 Å². The third kappa shape index (κ3) is 9.04. The van der Waals surface area contributed by atoms with Gasteiger partial charge in [-0.25, -0.2) is 0 Å². The van der Waals surface area contributed by atoms with Crippen molar-refractivity contribution >= 4 is 20.0 Å². The van der Waals surface area contributed by atoms with Crippen molar-refractivity contribution in [3.63, 3.8) is 0 Å². The van der Waals surface area contributed by atoms with Crippen molar-refractivity contribution in [2.45, 2.75) is 26.4 Å². The van der Waals surface area contributed by atoms with E-state index < -0.39 is 20.4 Å². The zero-order valence-electron chi connectivity index (χ0n) is 12.8. The summed E-state index contributed by atoms with van der Waals surface area (Å²) in [4.78, 5) is 37.4. The van der Waals surface area contributed by atoms with Crippen LogP contribution in [0.15, 0.2) is 11.2 Å².